The predicted octanol–water partition coefficient (Wildman–Crippen LogP) is 1.33. The lowest BCUT2D eigenvalue weighted by atomic mass is 10.5. The van der Waals surface area contributed by atoms with Crippen LogP contribution in [0.15, 0.2) is 12.4 Å². The van der Waals surface area contributed by atoms with Gasteiger partial charge >= 0.3 is 12.2 Å². The van der Waals surface area contributed by atoms with Crippen molar-refractivity contribution >= 4 is 6.16 Å². The van der Waals surface area contributed by atoms with Gasteiger partial charge in [0.15, 0.2) is 0 Å². The number of imidazole rings is 1. The summed E-state index contributed by atoms with van der Waals surface area (Å²) in [7, 11) is 0. The van der Waals surface area contributed by atoms with Crippen LogP contribution in [0.3, 0.4) is 0 Å². The molecule has 0 unspecified atom stereocenters. The van der Waals surface area contributed by atoms with Gasteiger partial charge in [0.05, 0.1) is 6.10 Å². The van der Waals surface area contributed by atoms with E-state index in [0.29, 0.717) is 0 Å². The third-order valence-corrected chi connectivity index (χ3v) is 0.985. The molecule has 0 radical (unpaired) electrons. The van der Waals surface area contributed by atoms with E-state index in [1.54, 1.807) is 20.0 Å². The Morgan fingerprint density at radius 1 is 1.67 bits per heavy atom. The molecule has 0 amide bonds. The van der Waals surface area contributed by atoms with E-state index in [9.17, 15) is 4.79 Å². The molecule has 0 aliphatic heterocycles. The van der Waals surface area contributed by atoms with Crippen LogP contribution in [0.5, 0.6) is 6.01 Å². The van der Waals surface area contributed by atoms with Crippen LogP contribution in [-0.4, -0.2) is 22.2 Å². The van der Waals surface area contributed by atoms with Gasteiger partial charge in [-0.25, -0.2) is 9.78 Å². The molecule has 1 rings (SSSR count). The Morgan fingerprint density at radius 3 is 2.92 bits per heavy atom. The normalized spacial score (nSPS) is 9.92. The summed E-state index contributed by atoms with van der Waals surface area (Å²) in [6.07, 6.45) is 2.10. The van der Waals surface area contributed by atoms with Crippen LogP contribution in [0, 0.1) is 0 Å². The highest BCUT2D eigenvalue weighted by Crippen LogP contribution is 2.01. The summed E-state index contributed by atoms with van der Waals surface area (Å²) in [5.41, 5.74) is 0. The lowest BCUT2D eigenvalue weighted by molar-refractivity contribution is 0.0704. The fourth-order valence-corrected chi connectivity index (χ4v) is 0.602. The Kier molecular flexibility index (Phi) is 2.68. The highest BCUT2D eigenvalue weighted by Gasteiger charge is 2.08. The second-order valence-corrected chi connectivity index (χ2v) is 2.41. The molecule has 0 spiro atoms. The van der Waals surface area contributed by atoms with E-state index in [4.69, 9.17) is 4.74 Å². The zero-order chi connectivity index (χ0) is 8.97. The third-order valence-electron chi connectivity index (χ3n) is 0.985. The predicted molar refractivity (Wildman–Crippen MR) is 40.8 cm³/mol. The molecule has 5 nitrogen and oxygen atoms in total. The fraction of sp³-hybridized carbons (Fsp3) is 0.429. The topological polar surface area (TPSA) is 64.2 Å². The highest BCUT2D eigenvalue weighted by molar-refractivity contribution is 5.62. The number of hydrogen-bond donors (Lipinski definition) is 1. The molecule has 0 saturated carbocycles. The Hall–Kier alpha value is -1.52. The van der Waals surface area contributed by atoms with Gasteiger partial charge < -0.3 is 14.5 Å². The van der Waals surface area contributed by atoms with Crippen molar-refractivity contribution in [3.05, 3.63) is 12.4 Å². The van der Waals surface area contributed by atoms with Crippen molar-refractivity contribution in [2.45, 2.75) is 20.0 Å². The standard InChI is InChI=1S/C7H10N2O3/c1-5(2)11-7(10)12-6-8-3-4-9-6/h3-5H,1-2H3,(H,8,9). The maximum Gasteiger partial charge on any atom is 0.516 e. The molecule has 0 atom stereocenters. The molecule has 5 heteroatoms. The maximum absolute atomic E-state index is 10.8. The van der Waals surface area contributed by atoms with Crippen LogP contribution in [-0.2, 0) is 4.74 Å². The van der Waals surface area contributed by atoms with Crippen LogP contribution in [0.25, 0.3) is 0 Å². The zero-order valence-electron chi connectivity index (χ0n) is 6.90. The molecule has 0 aliphatic carbocycles. The fourth-order valence-electron chi connectivity index (χ4n) is 0.602. The lowest BCUT2D eigenvalue weighted by Crippen LogP contribution is -2.16. The number of hydrogen-bond acceptors (Lipinski definition) is 4. The van der Waals surface area contributed by atoms with Crippen molar-refractivity contribution in [1.82, 2.24) is 9.97 Å². The van der Waals surface area contributed by atoms with E-state index >= 15 is 0 Å². The first-order valence-corrected chi connectivity index (χ1v) is 3.56. The number of aromatic nitrogens is 2. The van der Waals surface area contributed by atoms with Gasteiger partial charge in [0.2, 0.25) is 0 Å². The van der Waals surface area contributed by atoms with E-state index < -0.39 is 6.16 Å². The Labute approximate surface area is 69.7 Å². The monoisotopic (exact) mass is 170 g/mol. The van der Waals surface area contributed by atoms with Gasteiger partial charge in [-0.05, 0) is 13.8 Å². The van der Waals surface area contributed by atoms with Crippen LogP contribution in [0.4, 0.5) is 4.79 Å². The van der Waals surface area contributed by atoms with Gasteiger partial charge in [-0.1, -0.05) is 0 Å². The van der Waals surface area contributed by atoms with Crippen LogP contribution < -0.4 is 4.74 Å². The molecule has 12 heavy (non-hydrogen) atoms. The van der Waals surface area contributed by atoms with Gasteiger partial charge in [-0.15, -0.1) is 0 Å². The van der Waals surface area contributed by atoms with Crippen molar-refractivity contribution in [2.24, 2.45) is 0 Å². The molecule has 1 heterocycles. The molecule has 1 aromatic heterocycles. The van der Waals surface area contributed by atoms with Crippen LogP contribution >= 0.6 is 0 Å². The molecular weight excluding hydrogens is 160 g/mol. The molecule has 0 aromatic carbocycles. The molecular formula is C7H10N2O3. The Bertz CT molecular complexity index is 243. The number of carbonyl (C=O) groups excluding carboxylic acids is 1. The quantitative estimate of drug-likeness (QED) is 0.680. The van der Waals surface area contributed by atoms with Gasteiger partial charge in [-0.2, -0.15) is 0 Å². The number of H-pyrrole nitrogens is 1. The minimum atomic E-state index is -0.750. The summed E-state index contributed by atoms with van der Waals surface area (Å²) in [5, 5.41) is 0. The largest absolute Gasteiger partial charge is 0.516 e. The lowest BCUT2D eigenvalue weighted by Gasteiger charge is -2.05. The van der Waals surface area contributed by atoms with E-state index in [1.807, 2.05) is 0 Å². The van der Waals surface area contributed by atoms with Crippen LogP contribution in [0.2, 0.25) is 0 Å². The number of carbonyl (C=O) groups is 1. The average molecular weight is 170 g/mol. The number of aromatic amines is 1. The zero-order valence-corrected chi connectivity index (χ0v) is 6.90. The molecule has 66 valence electrons. The summed E-state index contributed by atoms with van der Waals surface area (Å²) >= 11 is 0. The number of nitrogens with zero attached hydrogens (tertiary/aromatic N) is 1. The third kappa shape index (κ3) is 2.61. The Morgan fingerprint density at radius 2 is 2.42 bits per heavy atom. The molecule has 1 aromatic rings. The summed E-state index contributed by atoms with van der Waals surface area (Å²) in [5.74, 6) is 0. The van der Waals surface area contributed by atoms with Crippen molar-refractivity contribution in [3.8, 4) is 6.01 Å². The van der Waals surface area contributed by atoms with Gasteiger partial charge in [-0.3, -0.25) is 0 Å². The van der Waals surface area contributed by atoms with Crippen molar-refractivity contribution in [3.63, 3.8) is 0 Å². The van der Waals surface area contributed by atoms with Crippen molar-refractivity contribution in [1.29, 1.82) is 0 Å². The first-order valence-electron chi connectivity index (χ1n) is 3.56. The molecule has 0 fully saturated rings. The molecule has 0 bridgehead atoms. The van der Waals surface area contributed by atoms with E-state index in [-0.39, 0.29) is 12.1 Å². The van der Waals surface area contributed by atoms with Gasteiger partial charge in [0.1, 0.15) is 0 Å². The highest BCUT2D eigenvalue weighted by atomic mass is 16.7. The smallest absolute Gasteiger partial charge is 0.431 e. The minimum Gasteiger partial charge on any atom is -0.431 e. The summed E-state index contributed by atoms with van der Waals surface area (Å²) < 4.78 is 9.34. The molecule has 0 aliphatic rings. The van der Waals surface area contributed by atoms with E-state index in [2.05, 4.69) is 14.7 Å². The van der Waals surface area contributed by atoms with Gasteiger partial charge in [0, 0.05) is 12.4 Å². The second kappa shape index (κ2) is 3.75. The SMILES string of the molecule is CC(C)OC(=O)Oc1ncc[nH]1. The van der Waals surface area contributed by atoms with Crippen LogP contribution in [0.1, 0.15) is 13.8 Å². The molecule has 1 N–H and O–H groups in total. The van der Waals surface area contributed by atoms with Gasteiger partial charge in [0.25, 0.3) is 0 Å². The van der Waals surface area contributed by atoms with Crippen molar-refractivity contribution in [2.75, 3.05) is 0 Å². The maximum atomic E-state index is 10.8. The second-order valence-electron chi connectivity index (χ2n) is 2.41. The summed E-state index contributed by atoms with van der Waals surface area (Å²) in [4.78, 5) is 17.1. The summed E-state index contributed by atoms with van der Waals surface area (Å²) in [6.45, 7) is 3.48. The van der Waals surface area contributed by atoms with E-state index in [0.717, 1.165) is 0 Å². The Balaban J connectivity index is 2.37. The number of nitrogens with one attached hydrogen (secondary N) is 1. The first-order chi connectivity index (χ1) is 5.68. The minimum absolute atomic E-state index is 0.139. The first kappa shape index (κ1) is 8.58. The average Bonchev–Trinajstić information content (AvgIpc) is 2.37. The molecule has 0 saturated heterocycles. The number of ether oxygens (including phenoxy) is 2. The summed E-state index contributed by atoms with van der Waals surface area (Å²) in [6, 6.07) is 0.139. The number of rotatable bonds is 2. The van der Waals surface area contributed by atoms with Crippen molar-refractivity contribution < 1.29 is 14.3 Å². The van der Waals surface area contributed by atoms with E-state index in [1.165, 1.54) is 6.20 Å².